The first kappa shape index (κ1) is 16.5. The lowest BCUT2D eigenvalue weighted by molar-refractivity contribution is 0.415. The smallest absolute Gasteiger partial charge is 0.119 e. The summed E-state index contributed by atoms with van der Waals surface area (Å²) < 4.78 is 5.26. The lowest BCUT2D eigenvalue weighted by Gasteiger charge is -2.38. The third-order valence-corrected chi connectivity index (χ3v) is 5.05. The summed E-state index contributed by atoms with van der Waals surface area (Å²) in [4.78, 5) is 4.95. The zero-order chi connectivity index (χ0) is 17.8. The number of anilines is 2. The van der Waals surface area contributed by atoms with E-state index in [0.29, 0.717) is 0 Å². The summed E-state index contributed by atoms with van der Waals surface area (Å²) in [6, 6.07) is 27.7. The summed E-state index contributed by atoms with van der Waals surface area (Å²) in [7, 11) is 1.71. The molecule has 3 aromatic carbocycles. The highest BCUT2D eigenvalue weighted by Gasteiger charge is 2.19. The van der Waals surface area contributed by atoms with E-state index in [1.165, 1.54) is 22.5 Å². The van der Waals surface area contributed by atoms with Crippen LogP contribution < -0.4 is 14.5 Å². The highest BCUT2D eigenvalue weighted by Crippen LogP contribution is 2.31. The van der Waals surface area contributed by atoms with Crippen molar-refractivity contribution in [1.29, 1.82) is 0 Å². The first-order valence-corrected chi connectivity index (χ1v) is 9.13. The van der Waals surface area contributed by atoms with Crippen LogP contribution in [0.25, 0.3) is 11.1 Å². The molecule has 0 unspecified atom stereocenters. The summed E-state index contributed by atoms with van der Waals surface area (Å²) in [6.45, 7) is 4.09. The van der Waals surface area contributed by atoms with Gasteiger partial charge in [0.2, 0.25) is 0 Å². The molecule has 1 aliphatic rings. The second-order valence-corrected chi connectivity index (χ2v) is 6.56. The second kappa shape index (κ2) is 7.52. The Bertz CT molecular complexity index is 838. The number of ether oxygens (including phenoxy) is 1. The molecule has 3 nitrogen and oxygen atoms in total. The maximum absolute atomic E-state index is 5.26. The molecule has 3 aromatic rings. The molecule has 0 radical (unpaired) electrons. The van der Waals surface area contributed by atoms with Crippen molar-refractivity contribution in [2.75, 3.05) is 43.1 Å². The summed E-state index contributed by atoms with van der Waals surface area (Å²) in [5.41, 5.74) is 5.18. The van der Waals surface area contributed by atoms with Gasteiger partial charge in [-0.1, -0.05) is 48.5 Å². The summed E-state index contributed by atoms with van der Waals surface area (Å²) >= 11 is 0. The van der Waals surface area contributed by atoms with E-state index < -0.39 is 0 Å². The van der Waals surface area contributed by atoms with E-state index in [2.05, 4.69) is 76.5 Å². The highest BCUT2D eigenvalue weighted by molar-refractivity contribution is 5.78. The lowest BCUT2D eigenvalue weighted by Crippen LogP contribution is -2.46. The molecule has 0 N–H and O–H groups in total. The van der Waals surface area contributed by atoms with Crippen LogP contribution in [0.15, 0.2) is 78.9 Å². The van der Waals surface area contributed by atoms with E-state index in [9.17, 15) is 0 Å². The molecular formula is C23H24N2O. The van der Waals surface area contributed by atoms with Crippen LogP contribution in [0, 0.1) is 0 Å². The van der Waals surface area contributed by atoms with Gasteiger partial charge in [-0.15, -0.1) is 0 Å². The normalized spacial score (nSPS) is 14.3. The average molecular weight is 344 g/mol. The van der Waals surface area contributed by atoms with Crippen molar-refractivity contribution in [3.05, 3.63) is 78.9 Å². The molecule has 1 fully saturated rings. The summed E-state index contributed by atoms with van der Waals surface area (Å²) in [5.74, 6) is 0.907. The van der Waals surface area contributed by atoms with Gasteiger partial charge in [0.05, 0.1) is 7.11 Å². The number of hydrogen-bond donors (Lipinski definition) is 0. The van der Waals surface area contributed by atoms with E-state index in [1.807, 2.05) is 12.1 Å². The van der Waals surface area contributed by atoms with Crippen molar-refractivity contribution in [3.63, 3.8) is 0 Å². The van der Waals surface area contributed by atoms with E-state index in [-0.39, 0.29) is 0 Å². The molecule has 0 bridgehead atoms. The molecule has 1 aliphatic heterocycles. The van der Waals surface area contributed by atoms with Gasteiger partial charge in [0.15, 0.2) is 0 Å². The molecule has 0 aliphatic carbocycles. The van der Waals surface area contributed by atoms with Crippen LogP contribution in [0.3, 0.4) is 0 Å². The molecular weight excluding hydrogens is 320 g/mol. The van der Waals surface area contributed by atoms with Crippen molar-refractivity contribution < 1.29 is 4.74 Å². The molecule has 3 heteroatoms. The number of benzene rings is 3. The third-order valence-electron chi connectivity index (χ3n) is 5.05. The van der Waals surface area contributed by atoms with Crippen LogP contribution in [-0.4, -0.2) is 33.3 Å². The molecule has 0 amide bonds. The van der Waals surface area contributed by atoms with E-state index in [0.717, 1.165) is 31.9 Å². The van der Waals surface area contributed by atoms with Gasteiger partial charge in [0.25, 0.3) is 0 Å². The van der Waals surface area contributed by atoms with Crippen LogP contribution in [-0.2, 0) is 0 Å². The third kappa shape index (κ3) is 3.38. The molecule has 1 heterocycles. The zero-order valence-electron chi connectivity index (χ0n) is 15.1. The van der Waals surface area contributed by atoms with Gasteiger partial charge in [0, 0.05) is 43.1 Å². The van der Waals surface area contributed by atoms with Crippen LogP contribution in [0.2, 0.25) is 0 Å². The van der Waals surface area contributed by atoms with E-state index in [4.69, 9.17) is 4.74 Å². The number of para-hydroxylation sites is 1. The Labute approximate surface area is 155 Å². The first-order valence-electron chi connectivity index (χ1n) is 9.13. The fourth-order valence-electron chi connectivity index (χ4n) is 3.61. The Kier molecular flexibility index (Phi) is 4.78. The van der Waals surface area contributed by atoms with Crippen molar-refractivity contribution in [2.45, 2.75) is 0 Å². The molecule has 26 heavy (non-hydrogen) atoms. The number of methoxy groups -OCH3 is 1. The molecule has 4 rings (SSSR count). The number of nitrogens with zero attached hydrogens (tertiary/aromatic N) is 2. The van der Waals surface area contributed by atoms with Gasteiger partial charge >= 0.3 is 0 Å². The monoisotopic (exact) mass is 344 g/mol. The molecule has 0 aromatic heterocycles. The van der Waals surface area contributed by atoms with Crippen LogP contribution in [0.1, 0.15) is 0 Å². The Morgan fingerprint density at radius 2 is 1.27 bits per heavy atom. The SMILES string of the molecule is COc1ccc(N2CCN(c3ccccc3-c3ccccc3)CC2)cc1. The molecule has 0 spiro atoms. The standard InChI is InChI=1S/C23H24N2O/c1-26-21-13-11-20(12-14-21)24-15-17-25(18-16-24)23-10-6-5-9-22(23)19-7-3-2-4-8-19/h2-14H,15-18H2,1H3. The first-order chi connectivity index (χ1) is 12.8. The van der Waals surface area contributed by atoms with Crippen molar-refractivity contribution in [2.24, 2.45) is 0 Å². The number of piperazine rings is 1. The van der Waals surface area contributed by atoms with Crippen LogP contribution >= 0.6 is 0 Å². The van der Waals surface area contributed by atoms with Gasteiger partial charge in [0.1, 0.15) is 5.75 Å². The second-order valence-electron chi connectivity index (χ2n) is 6.56. The fourth-order valence-corrected chi connectivity index (χ4v) is 3.61. The average Bonchev–Trinajstić information content (AvgIpc) is 2.75. The Balaban J connectivity index is 1.50. The largest absolute Gasteiger partial charge is 0.497 e. The molecule has 0 atom stereocenters. The predicted molar refractivity (Wildman–Crippen MR) is 109 cm³/mol. The van der Waals surface area contributed by atoms with Gasteiger partial charge in [-0.25, -0.2) is 0 Å². The van der Waals surface area contributed by atoms with Crippen molar-refractivity contribution in [1.82, 2.24) is 0 Å². The maximum atomic E-state index is 5.26. The van der Waals surface area contributed by atoms with Crippen LogP contribution in [0.4, 0.5) is 11.4 Å². The zero-order valence-corrected chi connectivity index (χ0v) is 15.1. The quantitative estimate of drug-likeness (QED) is 0.683. The van der Waals surface area contributed by atoms with Crippen molar-refractivity contribution >= 4 is 11.4 Å². The maximum Gasteiger partial charge on any atom is 0.119 e. The molecule has 0 saturated carbocycles. The Morgan fingerprint density at radius 1 is 0.654 bits per heavy atom. The predicted octanol–water partition coefficient (Wildman–Crippen LogP) is 4.69. The minimum atomic E-state index is 0.907. The number of hydrogen-bond acceptors (Lipinski definition) is 3. The van der Waals surface area contributed by atoms with E-state index in [1.54, 1.807) is 7.11 Å². The van der Waals surface area contributed by atoms with Gasteiger partial charge in [-0.05, 0) is 35.9 Å². The Morgan fingerprint density at radius 3 is 1.96 bits per heavy atom. The molecule has 1 saturated heterocycles. The number of rotatable bonds is 4. The summed E-state index contributed by atoms with van der Waals surface area (Å²) in [6.07, 6.45) is 0. The van der Waals surface area contributed by atoms with Crippen molar-refractivity contribution in [3.8, 4) is 16.9 Å². The van der Waals surface area contributed by atoms with Gasteiger partial charge in [-0.3, -0.25) is 0 Å². The fraction of sp³-hybridized carbons (Fsp3) is 0.217. The minimum absolute atomic E-state index is 0.907. The molecule has 132 valence electrons. The lowest BCUT2D eigenvalue weighted by atomic mass is 10.0. The topological polar surface area (TPSA) is 15.7 Å². The van der Waals surface area contributed by atoms with Gasteiger partial charge < -0.3 is 14.5 Å². The highest BCUT2D eigenvalue weighted by atomic mass is 16.5. The van der Waals surface area contributed by atoms with Gasteiger partial charge in [-0.2, -0.15) is 0 Å². The summed E-state index contributed by atoms with van der Waals surface area (Å²) in [5, 5.41) is 0. The van der Waals surface area contributed by atoms with Crippen LogP contribution in [0.5, 0.6) is 5.75 Å². The van der Waals surface area contributed by atoms with E-state index >= 15 is 0 Å². The minimum Gasteiger partial charge on any atom is -0.497 e. The Hall–Kier alpha value is -2.94.